The number of hydrogen-bond acceptors (Lipinski definition) is 10. The van der Waals surface area contributed by atoms with Crippen LogP contribution in [0.15, 0.2) is 0 Å². The topological polar surface area (TPSA) is 152 Å². The van der Waals surface area contributed by atoms with Gasteiger partial charge < -0.3 is 49.7 Å². The summed E-state index contributed by atoms with van der Waals surface area (Å²) in [6.07, 6.45) is -6.17. The first-order valence-corrected chi connectivity index (χ1v) is 11.9. The Bertz CT molecular complexity index is 847. The fraction of sp³-hybridized carbons (Fsp3) is 1.00. The Morgan fingerprint density at radius 1 is 0.939 bits per heavy atom. The fourth-order valence-corrected chi connectivity index (χ4v) is 10.6. The highest BCUT2D eigenvalue weighted by Crippen LogP contribution is 2.79. The van der Waals surface area contributed by atoms with E-state index in [1.165, 1.54) is 0 Å². The molecule has 0 aromatic heterocycles. The molecule has 1 aliphatic heterocycles. The smallest absolute Gasteiger partial charge is 0.120 e. The van der Waals surface area contributed by atoms with Gasteiger partial charge in [0.15, 0.2) is 0 Å². The molecule has 6 rings (SSSR count). The summed E-state index contributed by atoms with van der Waals surface area (Å²) in [5, 5.41) is 68.8. The van der Waals surface area contributed by atoms with Gasteiger partial charge in [-0.25, -0.2) is 0 Å². The van der Waals surface area contributed by atoms with Gasteiger partial charge in [0.05, 0.1) is 31.0 Å². The third kappa shape index (κ3) is 2.07. The Morgan fingerprint density at radius 3 is 2.24 bits per heavy atom. The molecular weight excluding hydrogens is 434 g/mol. The molecule has 1 saturated heterocycles. The van der Waals surface area contributed by atoms with Crippen LogP contribution in [0.1, 0.15) is 12.8 Å². The second-order valence-corrected chi connectivity index (χ2v) is 11.8. The van der Waals surface area contributed by atoms with Gasteiger partial charge in [0, 0.05) is 68.9 Å². The summed E-state index contributed by atoms with van der Waals surface area (Å²) in [5.74, 6) is -2.34. The molecule has 1 spiro atoms. The van der Waals surface area contributed by atoms with Crippen LogP contribution in [0.4, 0.5) is 0 Å². The normalized spacial score (nSPS) is 65.5. The Kier molecular flexibility index (Phi) is 4.65. The van der Waals surface area contributed by atoms with Crippen molar-refractivity contribution < 1.29 is 44.8 Å². The molecule has 5 saturated carbocycles. The van der Waals surface area contributed by atoms with Crippen molar-refractivity contribution >= 4 is 0 Å². The summed E-state index contributed by atoms with van der Waals surface area (Å²) in [6, 6.07) is -0.310. The van der Waals surface area contributed by atoms with Crippen LogP contribution in [-0.2, 0) is 14.2 Å². The fourth-order valence-electron chi connectivity index (χ4n) is 10.6. The Morgan fingerprint density at radius 2 is 1.64 bits per heavy atom. The second kappa shape index (κ2) is 6.67. The first-order valence-electron chi connectivity index (χ1n) is 11.9. The van der Waals surface area contributed by atoms with E-state index in [0.717, 1.165) is 0 Å². The minimum absolute atomic E-state index is 0.0163. The van der Waals surface area contributed by atoms with Crippen LogP contribution in [0.2, 0.25) is 0 Å². The third-order valence-corrected chi connectivity index (χ3v) is 11.2. The van der Waals surface area contributed by atoms with E-state index in [9.17, 15) is 30.6 Å². The third-order valence-electron chi connectivity index (χ3n) is 11.2. The number of aliphatic hydroxyl groups is 6. The van der Waals surface area contributed by atoms with Gasteiger partial charge in [0.2, 0.25) is 0 Å². The minimum atomic E-state index is -1.94. The van der Waals surface area contributed by atoms with Gasteiger partial charge in [-0.2, -0.15) is 0 Å². The number of aliphatic hydroxyl groups excluding tert-OH is 4. The van der Waals surface area contributed by atoms with E-state index in [0.29, 0.717) is 13.0 Å². The van der Waals surface area contributed by atoms with E-state index >= 15 is 0 Å². The van der Waals surface area contributed by atoms with E-state index in [1.807, 2.05) is 7.05 Å². The second-order valence-electron chi connectivity index (χ2n) is 11.8. The molecule has 7 bridgehead atoms. The van der Waals surface area contributed by atoms with Crippen LogP contribution in [-0.4, -0.2) is 131 Å². The molecule has 0 aromatic carbocycles. The van der Waals surface area contributed by atoms with E-state index in [2.05, 4.69) is 4.90 Å². The molecule has 1 heterocycles. The average molecular weight is 472 g/mol. The molecule has 188 valence electrons. The lowest BCUT2D eigenvalue weighted by Crippen LogP contribution is -2.80. The molecule has 10 heteroatoms. The largest absolute Gasteiger partial charge is 0.392 e. The lowest BCUT2D eigenvalue weighted by Gasteiger charge is -2.69. The number of ether oxygens (including phenoxy) is 3. The number of rotatable bonds is 4. The number of fused-ring (bicyclic) bond motifs is 2. The summed E-state index contributed by atoms with van der Waals surface area (Å²) in [5.41, 5.74) is -5.25. The van der Waals surface area contributed by atoms with Gasteiger partial charge in [-0.05, 0) is 19.4 Å². The summed E-state index contributed by atoms with van der Waals surface area (Å²) in [4.78, 5) is 2.11. The van der Waals surface area contributed by atoms with Crippen molar-refractivity contribution in [3.8, 4) is 0 Å². The van der Waals surface area contributed by atoms with E-state index in [1.54, 1.807) is 21.3 Å². The summed E-state index contributed by atoms with van der Waals surface area (Å²) in [6.45, 7) is 0.777. The predicted octanol–water partition coefficient (Wildman–Crippen LogP) is -2.83. The maximum absolute atomic E-state index is 12.3. The molecule has 0 radical (unpaired) electrons. The van der Waals surface area contributed by atoms with Gasteiger partial charge in [0.25, 0.3) is 0 Å². The summed E-state index contributed by atoms with van der Waals surface area (Å²) in [7, 11) is 6.72. The first kappa shape index (κ1) is 23.0. The Hall–Kier alpha value is -0.400. The summed E-state index contributed by atoms with van der Waals surface area (Å²) < 4.78 is 17.9. The first-order chi connectivity index (χ1) is 15.5. The molecule has 6 N–H and O–H groups in total. The van der Waals surface area contributed by atoms with Crippen molar-refractivity contribution in [3.63, 3.8) is 0 Å². The number of methoxy groups -OCH3 is 3. The summed E-state index contributed by atoms with van der Waals surface area (Å²) >= 11 is 0. The monoisotopic (exact) mass is 471 g/mol. The van der Waals surface area contributed by atoms with Crippen LogP contribution < -0.4 is 0 Å². The molecule has 6 fully saturated rings. The SMILES string of the molecule is COCC12CN(C)C3C4C(OC)C1C3(C(OC)CC2O)C1CC2(O)C(O)C(O)C4(O)C1C2O. The average Bonchev–Trinajstić information content (AvgIpc) is 3.16. The zero-order chi connectivity index (χ0) is 23.9. The van der Waals surface area contributed by atoms with E-state index < -0.39 is 76.4 Å². The molecule has 10 nitrogen and oxygen atoms in total. The lowest BCUT2D eigenvalue weighted by atomic mass is 9.42. The predicted molar refractivity (Wildman–Crippen MR) is 112 cm³/mol. The van der Waals surface area contributed by atoms with Gasteiger partial charge in [-0.3, -0.25) is 0 Å². The van der Waals surface area contributed by atoms with Crippen LogP contribution in [0.25, 0.3) is 0 Å². The van der Waals surface area contributed by atoms with Crippen LogP contribution in [0, 0.1) is 34.5 Å². The quantitative estimate of drug-likeness (QED) is 0.253. The highest BCUT2D eigenvalue weighted by atomic mass is 16.5. The molecule has 6 aliphatic rings. The van der Waals surface area contributed by atoms with Crippen molar-refractivity contribution in [2.75, 3.05) is 41.5 Å². The van der Waals surface area contributed by atoms with Crippen molar-refractivity contribution in [2.45, 2.75) is 66.7 Å². The zero-order valence-corrected chi connectivity index (χ0v) is 19.5. The number of hydrogen-bond donors (Lipinski definition) is 6. The van der Waals surface area contributed by atoms with E-state index in [-0.39, 0.29) is 25.0 Å². The van der Waals surface area contributed by atoms with Crippen molar-refractivity contribution in [1.29, 1.82) is 0 Å². The Labute approximate surface area is 193 Å². The van der Waals surface area contributed by atoms with Crippen molar-refractivity contribution in [1.82, 2.24) is 4.90 Å². The zero-order valence-electron chi connectivity index (χ0n) is 19.5. The molecule has 5 aliphatic carbocycles. The van der Waals surface area contributed by atoms with Crippen LogP contribution >= 0.6 is 0 Å². The van der Waals surface area contributed by atoms with Crippen LogP contribution in [0.5, 0.6) is 0 Å². The number of nitrogens with zero attached hydrogens (tertiary/aromatic N) is 1. The highest BCUT2D eigenvalue weighted by Gasteiger charge is 2.90. The highest BCUT2D eigenvalue weighted by molar-refractivity contribution is 5.39. The molecule has 0 aromatic rings. The Balaban J connectivity index is 1.68. The lowest BCUT2D eigenvalue weighted by molar-refractivity contribution is -0.317. The van der Waals surface area contributed by atoms with Gasteiger partial charge in [-0.15, -0.1) is 0 Å². The van der Waals surface area contributed by atoms with Gasteiger partial charge in [0.1, 0.15) is 23.4 Å². The molecule has 33 heavy (non-hydrogen) atoms. The molecule has 0 amide bonds. The van der Waals surface area contributed by atoms with Gasteiger partial charge in [-0.1, -0.05) is 0 Å². The van der Waals surface area contributed by atoms with Crippen LogP contribution in [0.3, 0.4) is 0 Å². The van der Waals surface area contributed by atoms with Crippen molar-refractivity contribution in [2.24, 2.45) is 34.5 Å². The van der Waals surface area contributed by atoms with Crippen molar-refractivity contribution in [3.05, 3.63) is 0 Å². The maximum atomic E-state index is 12.3. The van der Waals surface area contributed by atoms with E-state index in [4.69, 9.17) is 14.2 Å². The standard InChI is InChI=1S/C23H37NO9/c1-24-7-20(8-31-2)10(25)5-11(32-3)22-9-6-21(29)17(26)12(9)23(30,19(28)18(21)27)13(16(22)24)14(33-4)15(20)22/h9-19,25-30H,5-8H2,1-4H3. The minimum Gasteiger partial charge on any atom is -0.392 e. The number of likely N-dealkylation sites (tertiary alicyclic amines) is 1. The number of piperidine rings is 1. The molecule has 15 atom stereocenters. The maximum Gasteiger partial charge on any atom is 0.120 e. The molecular formula is C23H37NO9. The molecule has 15 unspecified atom stereocenters. The van der Waals surface area contributed by atoms with Gasteiger partial charge >= 0.3 is 0 Å².